The summed E-state index contributed by atoms with van der Waals surface area (Å²) in [6, 6.07) is 37.8. The molecule has 0 saturated heterocycles. The molecule has 6 aromatic carbocycles. The highest BCUT2D eigenvalue weighted by Gasteiger charge is 2.43. The van der Waals surface area contributed by atoms with Gasteiger partial charge in [0.25, 0.3) is 0 Å². The minimum absolute atomic E-state index is 0.265. The number of nitrogens with zero attached hydrogens (tertiary/aromatic N) is 1. The molecule has 3 nitrogen and oxygen atoms in total. The van der Waals surface area contributed by atoms with Crippen molar-refractivity contribution >= 4 is 45.9 Å². The number of anilines is 3. The molecule has 0 unspecified atom stereocenters. The van der Waals surface area contributed by atoms with Gasteiger partial charge in [-0.1, -0.05) is 77.9 Å². The lowest BCUT2D eigenvalue weighted by molar-refractivity contribution is 0.590. The van der Waals surface area contributed by atoms with Crippen molar-refractivity contribution in [3.8, 4) is 39.1 Å². The minimum Gasteiger partial charge on any atom is -0.551 e. The molecular weight excluding hydrogens is 585 g/mol. The fourth-order valence-corrected chi connectivity index (χ4v) is 8.62. The Morgan fingerprint density at radius 1 is 0.562 bits per heavy atom. The molecule has 232 valence electrons. The normalized spacial score (nSPS) is 12.9. The van der Waals surface area contributed by atoms with Gasteiger partial charge in [0.05, 0.1) is 6.26 Å². The average Bonchev–Trinajstić information content (AvgIpc) is 3.53. The van der Waals surface area contributed by atoms with Gasteiger partial charge in [-0.05, 0) is 127 Å². The first-order chi connectivity index (χ1) is 23.3. The molecule has 3 heterocycles. The van der Waals surface area contributed by atoms with Crippen molar-refractivity contribution in [3.63, 3.8) is 0 Å². The van der Waals surface area contributed by atoms with Crippen LogP contribution >= 0.6 is 0 Å². The number of rotatable bonds is 3. The van der Waals surface area contributed by atoms with Crippen LogP contribution in [-0.4, -0.2) is 6.92 Å². The second-order valence-corrected chi connectivity index (χ2v) is 13.7. The van der Waals surface area contributed by atoms with Crippen LogP contribution < -0.4 is 20.5 Å². The van der Waals surface area contributed by atoms with E-state index in [1.165, 1.54) is 66.7 Å². The van der Waals surface area contributed by atoms with E-state index in [1.807, 2.05) is 0 Å². The topological polar surface area (TPSA) is 25.6 Å². The number of aryl methyl sites for hydroxylation is 6. The Morgan fingerprint density at radius 2 is 1.19 bits per heavy atom. The third-order valence-corrected chi connectivity index (χ3v) is 10.3. The van der Waals surface area contributed by atoms with Crippen LogP contribution in [0, 0.1) is 41.5 Å². The van der Waals surface area contributed by atoms with Gasteiger partial charge >= 0.3 is 6.92 Å². The third-order valence-electron chi connectivity index (χ3n) is 10.3. The molecule has 1 aromatic heterocycles. The van der Waals surface area contributed by atoms with Gasteiger partial charge < -0.3 is 14.0 Å². The number of furan rings is 1. The maximum atomic E-state index is 7.00. The first-order valence-electron chi connectivity index (χ1n) is 16.8. The predicted octanol–water partition coefficient (Wildman–Crippen LogP) is 10.6. The second kappa shape index (κ2) is 10.5. The summed E-state index contributed by atoms with van der Waals surface area (Å²) < 4.78 is 13.1. The summed E-state index contributed by atoms with van der Waals surface area (Å²) in [5.41, 5.74) is 21.6. The maximum absolute atomic E-state index is 7.00. The summed E-state index contributed by atoms with van der Waals surface area (Å²) >= 11 is 0. The Morgan fingerprint density at radius 3 is 1.88 bits per heavy atom. The van der Waals surface area contributed by atoms with Gasteiger partial charge in [-0.2, -0.15) is 0 Å². The van der Waals surface area contributed by atoms with Crippen LogP contribution in [0.25, 0.3) is 44.3 Å². The van der Waals surface area contributed by atoms with Crippen LogP contribution in [0.3, 0.4) is 0 Å². The van der Waals surface area contributed by atoms with Crippen molar-refractivity contribution in [3.05, 3.63) is 143 Å². The van der Waals surface area contributed by atoms with E-state index in [1.54, 1.807) is 6.26 Å². The molecule has 9 rings (SSSR count). The van der Waals surface area contributed by atoms with Crippen molar-refractivity contribution in [2.24, 2.45) is 0 Å². The molecule has 0 aliphatic carbocycles. The smallest absolute Gasteiger partial charge is 0.431 e. The lowest BCUT2D eigenvalue weighted by Gasteiger charge is -2.40. The van der Waals surface area contributed by atoms with E-state index < -0.39 is 0 Å². The number of para-hydroxylation sites is 1. The van der Waals surface area contributed by atoms with E-state index in [0.717, 1.165) is 44.8 Å². The summed E-state index contributed by atoms with van der Waals surface area (Å²) in [7, 11) is 0. The predicted molar refractivity (Wildman–Crippen MR) is 201 cm³/mol. The Balaban J connectivity index is 1.30. The van der Waals surface area contributed by atoms with Gasteiger partial charge in [0, 0.05) is 39.5 Å². The molecule has 2 aliphatic rings. The number of hydrogen-bond acceptors (Lipinski definition) is 3. The SMILES string of the molecule is Cc1cc(C)c(-c2ccc(N3c4ccc(-c5c(C)cc(C)cc5C)cc4B4Oc5ccccc5-c5c4c3cc3occc53)cc2)c(C)c1. The standard InChI is InChI=1S/C44H36BNO2/c1-25-19-27(3)41(28(4)20-25)31-11-14-33(15-12-31)46-37-16-13-32(42-29(5)21-26(2)22-30(42)6)23-36(37)45-44-38(46)24-40-35(17-18-47-40)43(44)34-9-7-8-10-39(34)48-45/h7-24H,1-6H3. The zero-order valence-electron chi connectivity index (χ0n) is 28.2. The largest absolute Gasteiger partial charge is 0.551 e. The zero-order valence-corrected chi connectivity index (χ0v) is 28.2. The van der Waals surface area contributed by atoms with E-state index in [-0.39, 0.29) is 6.92 Å². The highest BCUT2D eigenvalue weighted by molar-refractivity contribution is 6.86. The molecular formula is C44H36BNO2. The second-order valence-electron chi connectivity index (χ2n) is 13.7. The molecule has 0 atom stereocenters. The summed E-state index contributed by atoms with van der Waals surface area (Å²) in [5.74, 6) is 0.898. The molecule has 2 aliphatic heterocycles. The Bertz CT molecular complexity index is 2410. The first kappa shape index (κ1) is 28.7. The molecule has 7 aromatic rings. The lowest BCUT2D eigenvalue weighted by atomic mass is 9.49. The van der Waals surface area contributed by atoms with Gasteiger partial charge in [0.15, 0.2) is 0 Å². The molecule has 0 spiro atoms. The third kappa shape index (κ3) is 4.22. The monoisotopic (exact) mass is 621 g/mol. The molecule has 0 N–H and O–H groups in total. The number of benzene rings is 6. The quantitative estimate of drug-likeness (QED) is 0.184. The Labute approximate surface area is 282 Å². The molecule has 48 heavy (non-hydrogen) atoms. The highest BCUT2D eigenvalue weighted by Crippen LogP contribution is 2.47. The zero-order chi connectivity index (χ0) is 32.8. The van der Waals surface area contributed by atoms with E-state index in [9.17, 15) is 0 Å². The highest BCUT2D eigenvalue weighted by atomic mass is 16.4. The molecule has 0 saturated carbocycles. The van der Waals surface area contributed by atoms with Gasteiger partial charge in [-0.3, -0.25) is 0 Å². The van der Waals surface area contributed by atoms with Crippen molar-refractivity contribution in [1.82, 2.24) is 0 Å². The summed E-state index contributed by atoms with van der Waals surface area (Å²) in [6.07, 6.45) is 1.80. The van der Waals surface area contributed by atoms with Crippen molar-refractivity contribution in [1.29, 1.82) is 0 Å². The van der Waals surface area contributed by atoms with E-state index in [4.69, 9.17) is 9.07 Å². The van der Waals surface area contributed by atoms with Gasteiger partial charge in [0.1, 0.15) is 11.3 Å². The lowest BCUT2D eigenvalue weighted by Crippen LogP contribution is -2.56. The summed E-state index contributed by atoms with van der Waals surface area (Å²) in [5, 5.41) is 1.11. The molecule has 0 radical (unpaired) electrons. The van der Waals surface area contributed by atoms with Crippen LogP contribution in [0.4, 0.5) is 17.1 Å². The summed E-state index contributed by atoms with van der Waals surface area (Å²) in [6.45, 7) is 12.9. The molecule has 0 fully saturated rings. The van der Waals surface area contributed by atoms with E-state index in [2.05, 4.69) is 150 Å². The van der Waals surface area contributed by atoms with E-state index >= 15 is 0 Å². The number of fused-ring (bicyclic) bond motifs is 6. The van der Waals surface area contributed by atoms with E-state index in [0.29, 0.717) is 0 Å². The number of hydrogen-bond donors (Lipinski definition) is 0. The molecule has 0 amide bonds. The van der Waals surface area contributed by atoms with Crippen LogP contribution in [0.5, 0.6) is 5.75 Å². The van der Waals surface area contributed by atoms with Gasteiger partial charge in [-0.15, -0.1) is 0 Å². The maximum Gasteiger partial charge on any atom is 0.431 e. The van der Waals surface area contributed by atoms with Gasteiger partial charge in [0.2, 0.25) is 0 Å². The fraction of sp³-hybridized carbons (Fsp3) is 0.136. The van der Waals surface area contributed by atoms with Crippen molar-refractivity contribution in [2.45, 2.75) is 41.5 Å². The van der Waals surface area contributed by atoms with Crippen molar-refractivity contribution in [2.75, 3.05) is 4.90 Å². The van der Waals surface area contributed by atoms with Crippen LogP contribution in [0.2, 0.25) is 0 Å². The fourth-order valence-electron chi connectivity index (χ4n) is 8.62. The van der Waals surface area contributed by atoms with Crippen molar-refractivity contribution < 1.29 is 9.07 Å². The van der Waals surface area contributed by atoms with Crippen LogP contribution in [-0.2, 0) is 0 Å². The Kier molecular flexibility index (Phi) is 6.29. The average molecular weight is 622 g/mol. The molecule has 0 bridgehead atoms. The van der Waals surface area contributed by atoms with Crippen LogP contribution in [0.1, 0.15) is 33.4 Å². The van der Waals surface area contributed by atoms with Gasteiger partial charge in [-0.25, -0.2) is 0 Å². The summed E-state index contributed by atoms with van der Waals surface area (Å²) in [4.78, 5) is 2.40. The molecule has 4 heteroatoms. The first-order valence-corrected chi connectivity index (χ1v) is 16.8. The van der Waals surface area contributed by atoms with Crippen LogP contribution in [0.15, 0.2) is 114 Å². The minimum atomic E-state index is -0.265. The Hall–Kier alpha value is -5.48.